The molecule has 2 heterocycles. The Morgan fingerprint density at radius 1 is 1.13 bits per heavy atom. The van der Waals surface area contributed by atoms with Crippen molar-refractivity contribution in [3.63, 3.8) is 0 Å². The van der Waals surface area contributed by atoms with Crippen molar-refractivity contribution in [1.29, 1.82) is 0 Å². The fourth-order valence-electron chi connectivity index (χ4n) is 2.12. The summed E-state index contributed by atoms with van der Waals surface area (Å²) in [5.41, 5.74) is -1.96. The number of aromatic nitrogens is 2. The maximum atomic E-state index is 11.7. The second kappa shape index (κ2) is 10.2. The summed E-state index contributed by atoms with van der Waals surface area (Å²) in [7, 11) is -18.2. The Morgan fingerprint density at radius 3 is 2.27 bits per heavy atom. The van der Waals surface area contributed by atoms with E-state index < -0.39 is 65.9 Å². The first-order valence-electron chi connectivity index (χ1n) is 7.06. The third-order valence-corrected chi connectivity index (χ3v) is 6.86. The molecule has 1 fully saturated rings. The standard InChI is InChI=1S/C9H14N2O15P3.Hg/c12-5-1-2-11(9(15)10-5)8-7(14)6(13)4(24-8)3-23-28(19,20)26-29(21,22)25-27(16,17)18;/h2,4,6-8,13-14H,3H2,(H,19,20)(H,21,22)(H,10,12,15)(H2,16,17,18);/q-1;+1. The molecular weight excluding hydrogens is 670 g/mol. The zero-order valence-corrected chi connectivity index (χ0v) is 22.5. The van der Waals surface area contributed by atoms with Crippen LogP contribution in [0.2, 0.25) is 0 Å². The van der Waals surface area contributed by atoms with Crippen LogP contribution >= 0.6 is 23.5 Å². The van der Waals surface area contributed by atoms with Crippen LogP contribution in [0.5, 0.6) is 0 Å². The molecule has 167 valence electrons. The van der Waals surface area contributed by atoms with E-state index in [2.05, 4.69) is 13.1 Å². The van der Waals surface area contributed by atoms with Gasteiger partial charge in [0.1, 0.15) is 18.3 Å². The van der Waals surface area contributed by atoms with E-state index in [1.165, 1.54) is 0 Å². The van der Waals surface area contributed by atoms with Gasteiger partial charge in [-0.05, 0) is 0 Å². The van der Waals surface area contributed by atoms with Crippen molar-refractivity contribution >= 4 is 23.5 Å². The number of nitrogens with one attached hydrogen (secondary N) is 1. The molecule has 2 rings (SSSR count). The van der Waals surface area contributed by atoms with Gasteiger partial charge in [-0.1, -0.05) is 0 Å². The number of aliphatic hydroxyl groups excluding tert-OH is 2. The molecule has 1 saturated heterocycles. The third-order valence-electron chi connectivity index (χ3n) is 3.20. The van der Waals surface area contributed by atoms with Gasteiger partial charge in [0.15, 0.2) is 6.23 Å². The summed E-state index contributed by atoms with van der Waals surface area (Å²) in [6.07, 6.45) is -6.18. The molecule has 1 aliphatic rings. The molecule has 6 atom stereocenters. The molecule has 30 heavy (non-hydrogen) atoms. The number of ether oxygens (including phenoxy) is 1. The van der Waals surface area contributed by atoms with Crippen LogP contribution in [-0.2, 0) is 59.2 Å². The van der Waals surface area contributed by atoms with E-state index in [1.54, 1.807) is 4.98 Å². The quantitative estimate of drug-likeness (QED) is 0.132. The predicted octanol–water partition coefficient (Wildman–Crippen LogP) is -4.78. The number of rotatable bonds is 8. The van der Waals surface area contributed by atoms with Crippen LogP contribution in [0.3, 0.4) is 0 Å². The van der Waals surface area contributed by atoms with E-state index >= 15 is 0 Å². The predicted molar refractivity (Wildman–Crippen MR) is 81.5 cm³/mol. The molecule has 21 heteroatoms. The van der Waals surface area contributed by atoms with Crippen LogP contribution in [0, 0.1) is 6.07 Å². The van der Waals surface area contributed by atoms with Crippen LogP contribution in [0.4, 0.5) is 0 Å². The van der Waals surface area contributed by atoms with E-state index in [4.69, 9.17) is 4.74 Å². The molecule has 0 aromatic carbocycles. The van der Waals surface area contributed by atoms with Crippen molar-refractivity contribution in [2.75, 3.05) is 6.61 Å². The van der Waals surface area contributed by atoms with Crippen molar-refractivity contribution in [1.82, 2.24) is 9.55 Å². The van der Waals surface area contributed by atoms with Gasteiger partial charge in [0, 0.05) is 0 Å². The summed E-state index contributed by atoms with van der Waals surface area (Å²) in [6.45, 7) is -1.18. The second-order valence-corrected chi connectivity index (χ2v) is 9.53. The second-order valence-electron chi connectivity index (χ2n) is 5.29. The topological polar surface area (TPSA) is 276 Å². The maximum absolute atomic E-state index is 11.7. The molecule has 0 aliphatic carbocycles. The zero-order chi connectivity index (χ0) is 22.2. The van der Waals surface area contributed by atoms with Crippen LogP contribution in [0.1, 0.15) is 11.9 Å². The number of hydrogen-bond acceptors (Lipinski definition) is 15. The van der Waals surface area contributed by atoms with Crippen LogP contribution in [0.25, 0.3) is 0 Å². The molecule has 6 unspecified atom stereocenters. The van der Waals surface area contributed by atoms with E-state index in [1.807, 2.05) is 6.07 Å². The van der Waals surface area contributed by atoms with Gasteiger partial charge in [-0.3, -0.25) is 13.4 Å². The van der Waals surface area contributed by atoms with Gasteiger partial charge >= 0.3 is 39.1 Å². The molecule has 3 N–H and O–H groups in total. The molecule has 1 radical (unpaired) electrons. The van der Waals surface area contributed by atoms with Crippen LogP contribution in [0.15, 0.2) is 15.8 Å². The van der Waals surface area contributed by atoms with Crippen molar-refractivity contribution in [2.45, 2.75) is 24.5 Å². The minimum atomic E-state index is -6.17. The molecule has 1 aromatic heterocycles. The fraction of sp³-hybridized carbons (Fsp3) is 0.556. The van der Waals surface area contributed by atoms with E-state index in [-0.39, 0.29) is 33.4 Å². The Morgan fingerprint density at radius 2 is 1.73 bits per heavy atom. The minimum absolute atomic E-state index is 0. The first-order chi connectivity index (χ1) is 13.1. The smallest absolute Gasteiger partial charge is 0.790 e. The Hall–Kier alpha value is -0.0949. The molecular formula is C9H14HgN2O15P3. The fourth-order valence-corrected chi connectivity index (χ4v) is 4.98. The number of aromatic amines is 1. The summed E-state index contributed by atoms with van der Waals surface area (Å²) in [5.74, 6) is 0. The van der Waals surface area contributed by atoms with Gasteiger partial charge in [0.2, 0.25) is 0 Å². The average Bonchev–Trinajstić information content (AvgIpc) is 2.78. The van der Waals surface area contributed by atoms with Crippen molar-refractivity contribution in [2.24, 2.45) is 0 Å². The summed E-state index contributed by atoms with van der Waals surface area (Å²) in [6, 6.07) is 2.05. The Labute approximate surface area is 192 Å². The van der Waals surface area contributed by atoms with Gasteiger partial charge in [-0.25, -0.2) is 9.11 Å². The third kappa shape index (κ3) is 7.80. The first-order valence-corrected chi connectivity index (χ1v) is 11.4. The number of aliphatic hydroxyl groups is 2. The summed E-state index contributed by atoms with van der Waals surface area (Å²) in [5, 5.41) is 19.8. The average molecular weight is 684 g/mol. The summed E-state index contributed by atoms with van der Waals surface area (Å²) < 4.78 is 48.8. The SMILES string of the molecule is O=c1[c-]cn(C2OC(COP(=O)([O-])OP(=O)([O-])OP(=O)([O-])[O-])C(O)C2O)c(=O)[nH]1.[H+].[H+].[H+].[H+].[Hg+]. The van der Waals surface area contributed by atoms with Gasteiger partial charge < -0.3 is 64.0 Å². The number of nitrogens with zero attached hydrogens (tertiary/aromatic N) is 1. The van der Waals surface area contributed by atoms with Gasteiger partial charge in [-0.2, -0.15) is 6.20 Å². The normalized spacial score (nSPS) is 28.3. The minimum Gasteiger partial charge on any atom is -0.790 e. The summed E-state index contributed by atoms with van der Waals surface area (Å²) >= 11 is 0. The molecule has 1 aliphatic heterocycles. The van der Waals surface area contributed by atoms with Crippen LogP contribution < -0.4 is 30.8 Å². The van der Waals surface area contributed by atoms with Gasteiger partial charge in [0.25, 0.3) is 15.6 Å². The van der Waals surface area contributed by atoms with Crippen molar-refractivity contribution in [3.05, 3.63) is 33.1 Å². The Kier molecular flexibility index (Phi) is 9.53. The molecule has 0 spiro atoms. The van der Waals surface area contributed by atoms with Crippen molar-refractivity contribution < 1.29 is 94.7 Å². The Balaban J connectivity index is -0.000000900. The largest absolute Gasteiger partial charge is 1.00 e. The van der Waals surface area contributed by atoms with E-state index in [9.17, 15) is 53.1 Å². The van der Waals surface area contributed by atoms with E-state index in [0.29, 0.717) is 4.57 Å². The molecule has 0 bridgehead atoms. The molecule has 1 aromatic rings. The first kappa shape index (κ1) is 27.9. The number of hydrogen-bond donors (Lipinski definition) is 3. The maximum Gasteiger partial charge on any atom is 1.00 e. The Bertz CT molecular complexity index is 1020. The molecule has 0 saturated carbocycles. The van der Waals surface area contributed by atoms with Gasteiger partial charge in [0.05, 0.1) is 20.0 Å². The molecule has 0 amide bonds. The van der Waals surface area contributed by atoms with Crippen LogP contribution in [-0.4, -0.2) is 44.7 Å². The zero-order valence-electron chi connectivity index (χ0n) is 18.3. The monoisotopic (exact) mass is 685 g/mol. The number of phosphoric acid groups is 3. The van der Waals surface area contributed by atoms with Gasteiger partial charge in [-0.15, -0.1) is 0 Å². The number of H-pyrrole nitrogens is 1. The number of phosphoric ester groups is 1. The molecule has 17 nitrogen and oxygen atoms in total. The van der Waals surface area contributed by atoms with Crippen molar-refractivity contribution in [3.8, 4) is 0 Å². The van der Waals surface area contributed by atoms with E-state index in [0.717, 1.165) is 6.20 Å². The summed E-state index contributed by atoms with van der Waals surface area (Å²) in [4.78, 5) is 67.4.